The molecular weight excluding hydrogens is 340 g/mol. The van der Waals surface area contributed by atoms with E-state index in [9.17, 15) is 9.59 Å². The molecular formula is C22H24N2O3. The topological polar surface area (TPSA) is 71.2 Å². The molecule has 0 aliphatic heterocycles. The lowest BCUT2D eigenvalue weighted by Gasteiger charge is -2.18. The van der Waals surface area contributed by atoms with Crippen LogP contribution in [0, 0.1) is 0 Å². The van der Waals surface area contributed by atoms with Crippen LogP contribution < -0.4 is 5.32 Å². The molecule has 140 valence electrons. The number of ether oxygens (including phenoxy) is 1. The smallest absolute Gasteiger partial charge is 0.355 e. The largest absolute Gasteiger partial charge is 0.448 e. The number of benzene rings is 2. The van der Waals surface area contributed by atoms with Crippen LogP contribution in [0.1, 0.15) is 49.2 Å². The van der Waals surface area contributed by atoms with Crippen molar-refractivity contribution in [3.8, 4) is 0 Å². The van der Waals surface area contributed by atoms with Crippen molar-refractivity contribution in [2.75, 3.05) is 5.32 Å². The van der Waals surface area contributed by atoms with Gasteiger partial charge in [-0.1, -0.05) is 50.2 Å². The van der Waals surface area contributed by atoms with Gasteiger partial charge in [0.25, 0.3) is 5.91 Å². The van der Waals surface area contributed by atoms with Crippen LogP contribution in [0.3, 0.4) is 0 Å². The van der Waals surface area contributed by atoms with E-state index in [0.29, 0.717) is 11.6 Å². The van der Waals surface area contributed by atoms with Crippen molar-refractivity contribution in [1.29, 1.82) is 0 Å². The number of carbonyl (C=O) groups is 2. The van der Waals surface area contributed by atoms with Crippen LogP contribution in [0.15, 0.2) is 54.6 Å². The molecule has 0 radical (unpaired) electrons. The molecule has 2 N–H and O–H groups in total. The van der Waals surface area contributed by atoms with Crippen LogP contribution in [-0.4, -0.2) is 23.0 Å². The van der Waals surface area contributed by atoms with Crippen molar-refractivity contribution in [1.82, 2.24) is 4.98 Å². The Balaban J connectivity index is 1.68. The summed E-state index contributed by atoms with van der Waals surface area (Å²) in [7, 11) is 0. The first-order valence-electron chi connectivity index (χ1n) is 9.18. The van der Waals surface area contributed by atoms with E-state index in [2.05, 4.69) is 24.1 Å². The molecule has 0 unspecified atom stereocenters. The van der Waals surface area contributed by atoms with Gasteiger partial charge in [0.1, 0.15) is 5.69 Å². The van der Waals surface area contributed by atoms with Gasteiger partial charge in [-0.25, -0.2) is 4.79 Å². The minimum Gasteiger partial charge on any atom is -0.448 e. The van der Waals surface area contributed by atoms with Crippen LogP contribution >= 0.6 is 0 Å². The number of aromatic amines is 1. The lowest BCUT2D eigenvalue weighted by atomic mass is 9.97. The summed E-state index contributed by atoms with van der Waals surface area (Å²) >= 11 is 0. The Morgan fingerprint density at radius 2 is 1.78 bits per heavy atom. The number of rotatable bonds is 6. The van der Waals surface area contributed by atoms with Crippen molar-refractivity contribution < 1.29 is 14.3 Å². The van der Waals surface area contributed by atoms with Gasteiger partial charge in [-0.2, -0.15) is 0 Å². The normalized spacial score (nSPS) is 13.1. The van der Waals surface area contributed by atoms with Gasteiger partial charge in [0.05, 0.1) is 0 Å². The van der Waals surface area contributed by atoms with E-state index in [4.69, 9.17) is 4.74 Å². The second-order valence-corrected chi connectivity index (χ2v) is 6.70. The molecule has 2 atom stereocenters. The predicted octanol–water partition coefficient (Wildman–Crippen LogP) is 4.87. The van der Waals surface area contributed by atoms with Crippen molar-refractivity contribution in [3.63, 3.8) is 0 Å². The predicted molar refractivity (Wildman–Crippen MR) is 107 cm³/mol. The highest BCUT2D eigenvalue weighted by Crippen LogP contribution is 2.26. The summed E-state index contributed by atoms with van der Waals surface area (Å²) in [5.74, 6) is -0.579. The minimum atomic E-state index is -0.908. The molecule has 2 aromatic carbocycles. The first-order valence-corrected chi connectivity index (χ1v) is 9.18. The second-order valence-electron chi connectivity index (χ2n) is 6.70. The number of hydrogen-bond donors (Lipinski definition) is 2. The van der Waals surface area contributed by atoms with E-state index in [1.807, 2.05) is 48.5 Å². The number of para-hydroxylation sites is 2. The maximum Gasteiger partial charge on any atom is 0.355 e. The van der Waals surface area contributed by atoms with Crippen LogP contribution in [0.4, 0.5) is 5.69 Å². The number of fused-ring (bicyclic) bond motifs is 1. The SMILES string of the molecule is CC[C@@H](C)c1ccccc1NC(=O)[C@@H](C)OC(=O)c1cc2ccccc2[nH]1. The number of amides is 1. The maximum absolute atomic E-state index is 12.5. The van der Waals surface area contributed by atoms with E-state index < -0.39 is 12.1 Å². The molecule has 0 aliphatic carbocycles. The lowest BCUT2D eigenvalue weighted by molar-refractivity contribution is -0.123. The zero-order valence-corrected chi connectivity index (χ0v) is 15.8. The van der Waals surface area contributed by atoms with E-state index >= 15 is 0 Å². The molecule has 1 amide bonds. The molecule has 3 rings (SSSR count). The average molecular weight is 364 g/mol. The zero-order chi connectivity index (χ0) is 19.4. The summed E-state index contributed by atoms with van der Waals surface area (Å²) in [5, 5.41) is 3.80. The number of carbonyl (C=O) groups excluding carboxylic acids is 2. The summed E-state index contributed by atoms with van der Waals surface area (Å²) in [4.78, 5) is 27.9. The van der Waals surface area contributed by atoms with Gasteiger partial charge in [-0.15, -0.1) is 0 Å². The Kier molecular flexibility index (Phi) is 5.60. The van der Waals surface area contributed by atoms with Gasteiger partial charge in [0, 0.05) is 16.6 Å². The van der Waals surface area contributed by atoms with E-state index in [1.54, 1.807) is 13.0 Å². The highest BCUT2D eigenvalue weighted by atomic mass is 16.5. The van der Waals surface area contributed by atoms with Gasteiger partial charge in [-0.05, 0) is 43.0 Å². The first kappa shape index (κ1) is 18.7. The van der Waals surface area contributed by atoms with Gasteiger partial charge >= 0.3 is 5.97 Å². The van der Waals surface area contributed by atoms with E-state index in [1.165, 1.54) is 0 Å². The summed E-state index contributed by atoms with van der Waals surface area (Å²) in [5.41, 5.74) is 3.01. The standard InChI is InChI=1S/C22H24N2O3/c1-4-14(2)17-10-6-8-12-19(17)24-21(25)15(3)27-22(26)20-13-16-9-5-7-11-18(16)23-20/h5-15,23H,4H2,1-3H3,(H,24,25)/t14-,15-/m1/s1. The number of hydrogen-bond acceptors (Lipinski definition) is 3. The molecule has 0 spiro atoms. The van der Waals surface area contributed by atoms with Gasteiger partial charge in [0.2, 0.25) is 0 Å². The van der Waals surface area contributed by atoms with Crippen LogP contribution in [0.5, 0.6) is 0 Å². The quantitative estimate of drug-likeness (QED) is 0.613. The second kappa shape index (κ2) is 8.08. The maximum atomic E-state index is 12.5. The minimum absolute atomic E-state index is 0.325. The summed E-state index contributed by atoms with van der Waals surface area (Å²) in [6.07, 6.45) is 0.0616. The molecule has 1 heterocycles. The Labute approximate surface area is 158 Å². The molecule has 0 aliphatic rings. The molecule has 0 fully saturated rings. The number of anilines is 1. The highest BCUT2D eigenvalue weighted by Gasteiger charge is 2.21. The fourth-order valence-electron chi connectivity index (χ4n) is 2.96. The van der Waals surface area contributed by atoms with Crippen molar-refractivity contribution in [2.45, 2.75) is 39.2 Å². The Morgan fingerprint density at radius 1 is 1.07 bits per heavy atom. The van der Waals surface area contributed by atoms with Gasteiger partial charge in [0.15, 0.2) is 6.10 Å². The van der Waals surface area contributed by atoms with Gasteiger partial charge in [-0.3, -0.25) is 4.79 Å². The Bertz CT molecular complexity index is 928. The first-order chi connectivity index (χ1) is 13.0. The van der Waals surface area contributed by atoms with Crippen LogP contribution in [-0.2, 0) is 9.53 Å². The van der Waals surface area contributed by atoms with Crippen molar-refractivity contribution in [3.05, 3.63) is 65.9 Å². The molecule has 27 heavy (non-hydrogen) atoms. The molecule has 5 nitrogen and oxygen atoms in total. The average Bonchev–Trinajstić information content (AvgIpc) is 3.12. The summed E-state index contributed by atoms with van der Waals surface area (Å²) < 4.78 is 5.34. The van der Waals surface area contributed by atoms with Crippen LogP contribution in [0.25, 0.3) is 10.9 Å². The number of esters is 1. The fourth-order valence-corrected chi connectivity index (χ4v) is 2.96. The number of H-pyrrole nitrogens is 1. The van der Waals surface area contributed by atoms with Crippen LogP contribution in [0.2, 0.25) is 0 Å². The Morgan fingerprint density at radius 3 is 2.52 bits per heavy atom. The molecule has 0 saturated heterocycles. The third-order valence-corrected chi connectivity index (χ3v) is 4.76. The molecule has 1 aromatic heterocycles. The molecule has 0 bridgehead atoms. The third kappa shape index (κ3) is 4.19. The fraction of sp³-hybridized carbons (Fsp3) is 0.273. The summed E-state index contributed by atoms with van der Waals surface area (Å²) in [6.45, 7) is 5.79. The highest BCUT2D eigenvalue weighted by molar-refractivity contribution is 5.99. The molecule has 0 saturated carbocycles. The zero-order valence-electron chi connectivity index (χ0n) is 15.8. The van der Waals surface area contributed by atoms with E-state index in [0.717, 1.165) is 28.6 Å². The third-order valence-electron chi connectivity index (χ3n) is 4.76. The number of aromatic nitrogens is 1. The van der Waals surface area contributed by atoms with Crippen molar-refractivity contribution >= 4 is 28.5 Å². The molecule has 5 heteroatoms. The number of nitrogens with one attached hydrogen (secondary N) is 2. The summed E-state index contributed by atoms with van der Waals surface area (Å²) in [6, 6.07) is 17.0. The Hall–Kier alpha value is -3.08. The van der Waals surface area contributed by atoms with Crippen molar-refractivity contribution in [2.24, 2.45) is 0 Å². The lowest BCUT2D eigenvalue weighted by Crippen LogP contribution is -2.30. The molecule has 3 aromatic rings. The van der Waals surface area contributed by atoms with Gasteiger partial charge < -0.3 is 15.0 Å². The van der Waals surface area contributed by atoms with E-state index in [-0.39, 0.29) is 5.91 Å². The monoisotopic (exact) mass is 364 g/mol.